The van der Waals surface area contributed by atoms with Gasteiger partial charge >= 0.3 is 18.2 Å². The van der Waals surface area contributed by atoms with Gasteiger partial charge in [0.25, 0.3) is 0 Å². The zero-order chi connectivity index (χ0) is 96.1. The van der Waals surface area contributed by atoms with E-state index < -0.39 is 12.2 Å². The van der Waals surface area contributed by atoms with Gasteiger partial charge in [0.1, 0.15) is 34.3 Å². The maximum Gasteiger partial charge on any atom is 0.419 e. The minimum Gasteiger partial charge on any atom is -0.469 e. The zero-order valence-electron chi connectivity index (χ0n) is 74.8. The number of hydrogen-bond donors (Lipinski definition) is 3. The van der Waals surface area contributed by atoms with Crippen LogP contribution >= 0.6 is 59.6 Å². The Bertz CT molecular complexity index is 6460. The summed E-state index contributed by atoms with van der Waals surface area (Å²) in [5.41, 5.74) is 34.2. The number of nitriles is 8. The molecule has 0 saturated carbocycles. The molecule has 8 aromatic carbocycles. The van der Waals surface area contributed by atoms with Crippen molar-refractivity contribution in [2.45, 2.75) is 88.5 Å². The summed E-state index contributed by atoms with van der Waals surface area (Å²) in [6.45, 7) is 19.4. The molecule has 133 heavy (non-hydrogen) atoms. The number of carbonyl (C=O) groups is 3. The fraction of sp³-hybridized carbons (Fsp3) is 0.158. The van der Waals surface area contributed by atoms with Crippen LogP contribution in [0.15, 0.2) is 213 Å². The van der Waals surface area contributed by atoms with Crippen molar-refractivity contribution < 1.29 is 28.6 Å². The number of halogens is 5. The monoisotopic (exact) mass is 1870 g/mol. The van der Waals surface area contributed by atoms with Gasteiger partial charge in [-0.2, -0.15) is 47.1 Å². The number of nitrogens with two attached hydrogens (primary N) is 2. The third-order valence-corrected chi connectivity index (χ3v) is 19.2. The van der Waals surface area contributed by atoms with E-state index in [1.807, 2.05) is 197 Å². The standard InChI is InChI=1S/C25H21N5O2.C23H19N5.C17H15ClN4O2.C14H15NO2.C11H12N2.C7H6N2.C4H2Cl2N2.2ClH/c1-17-13-21(5-4-11-26)14-18(2)24(17)30(25(31)32-3)23-10-12-28-22(29-23)15-19-6-8-20(16-27)9-7-19;1-16-12-20(4-3-10-24)13-17(2)23(16)28-21-9-11-26-22(27-21)14-18-5-7-19(15-25)8-6-18;1-11-9-13(5-4-7-19)10-12(2)15(11)22(17(23)24-3)14-6-8-20-16(18)21-14;1-10-7-12(5-4-6-15)8-11(2)13(10)9-14(16)17-3;1-8-6-10(4-3-5-12)7-9(2)11(8)13;8-5-6-1-3-7(9)4-2-6;5-3-1-2-7-4(6)8-3;;/h4-10,12-14H,15H2,1-3H3;3-9,11-13H,14H2,1-2H3,(H,26,27,28);4-6,8-10H,1-3H3;4-5,7-8H,9H2,1-3H3;3-4,6-7H,13H2,1-2H3;1-4H,9H2;1-2H;2*1H/b5-4+;4-3+;2*5-4+;4-3+;;;;. The van der Waals surface area contributed by atoms with Crippen molar-refractivity contribution in [1.29, 1.82) is 42.1 Å². The molecule has 0 saturated heterocycles. The number of methoxy groups -OCH3 is 3. The lowest BCUT2D eigenvalue weighted by atomic mass is 9.97. The summed E-state index contributed by atoms with van der Waals surface area (Å²) in [7, 11) is 4.01. The molecule has 0 bridgehead atoms. The Labute approximate surface area is 801 Å². The van der Waals surface area contributed by atoms with Crippen LogP contribution in [0.2, 0.25) is 15.7 Å². The van der Waals surface area contributed by atoms with Gasteiger partial charge in [-0.15, -0.1) is 24.8 Å². The number of aromatic nitrogens is 8. The number of carbonyl (C=O) groups excluding carboxylic acids is 3. The van der Waals surface area contributed by atoms with Crippen LogP contribution in [0.4, 0.5) is 55.5 Å². The number of rotatable bonds is 17. The predicted octanol–water partition coefficient (Wildman–Crippen LogP) is 22.8. The van der Waals surface area contributed by atoms with Gasteiger partial charge in [0.15, 0.2) is 0 Å². The molecule has 5 N–H and O–H groups in total. The summed E-state index contributed by atoms with van der Waals surface area (Å²) < 4.78 is 14.6. The molecule has 0 spiro atoms. The number of benzene rings is 8. The number of aryl methyl sites for hydroxylation is 10. The lowest BCUT2D eigenvalue weighted by Gasteiger charge is -2.24. The Hall–Kier alpha value is -16.4. The summed E-state index contributed by atoms with van der Waals surface area (Å²) >= 11 is 16.6. The first-order valence-electron chi connectivity index (χ1n) is 39.6. The molecule has 4 heterocycles. The van der Waals surface area contributed by atoms with Gasteiger partial charge in [0.05, 0.1) is 104 Å². The van der Waals surface area contributed by atoms with Gasteiger partial charge < -0.3 is 31.0 Å². The SMILES string of the molecule is COC(=O)Cc1c(C)cc(/C=C/C#N)cc1C.COC(=O)N(c1ccnc(Cc2ccc(C#N)cc2)n1)c1c(C)cc(/C=C/C#N)cc1C.COC(=O)N(c1ccnc(Cl)n1)c1c(C)cc(/C=C/C#N)cc1C.Cc1cc(/C=C/C#N)cc(C)c1N.Cc1cc(/C=C/C#N)cc(C)c1Nc1ccnc(Cc2ccc(C#N)cc2)n1.Cl.Cl.Clc1ccnc(Cl)n1.N#Cc1ccc(N)cc1. The highest BCUT2D eigenvalue weighted by Crippen LogP contribution is 2.36. The van der Waals surface area contributed by atoms with Gasteiger partial charge in [-0.05, 0) is 338 Å². The van der Waals surface area contributed by atoms with Crippen LogP contribution in [0.5, 0.6) is 0 Å². The average Bonchev–Trinajstić information content (AvgIpc) is 0.789. The highest BCUT2D eigenvalue weighted by molar-refractivity contribution is 6.31. The van der Waals surface area contributed by atoms with Crippen LogP contribution in [0.1, 0.15) is 128 Å². The van der Waals surface area contributed by atoms with Gasteiger partial charge in [0.2, 0.25) is 10.6 Å². The third kappa shape index (κ3) is 35.3. The van der Waals surface area contributed by atoms with E-state index in [-0.39, 0.29) is 47.8 Å². The molecule has 2 amide bonds. The smallest absolute Gasteiger partial charge is 0.419 e. The van der Waals surface area contributed by atoms with Crippen LogP contribution in [0, 0.1) is 160 Å². The normalized spacial score (nSPS) is 10.0. The van der Waals surface area contributed by atoms with Crippen LogP contribution in [0.25, 0.3) is 30.4 Å². The maximum atomic E-state index is 12.8. The minimum atomic E-state index is -0.587. The topological polar surface area (TPSA) is 443 Å². The second kappa shape index (κ2) is 56.7. The molecule has 27 nitrogen and oxygen atoms in total. The Kier molecular flexibility index (Phi) is 46.4. The summed E-state index contributed by atoms with van der Waals surface area (Å²) in [4.78, 5) is 72.2. The molecule has 0 atom stereocenters. The van der Waals surface area contributed by atoms with Crippen LogP contribution < -0.4 is 26.6 Å². The lowest BCUT2D eigenvalue weighted by Crippen LogP contribution is -2.28. The fourth-order valence-corrected chi connectivity index (χ4v) is 13.2. The number of nitrogens with one attached hydrogen (secondary N) is 1. The number of anilines is 8. The van der Waals surface area contributed by atoms with Gasteiger partial charge in [-0.1, -0.05) is 48.0 Å². The first-order valence-corrected chi connectivity index (χ1v) is 40.7. The Balaban J connectivity index is 0.000000338. The summed E-state index contributed by atoms with van der Waals surface area (Å²) in [6.07, 6.45) is 22.4. The maximum absolute atomic E-state index is 12.8. The Morgan fingerprint density at radius 1 is 0.391 bits per heavy atom. The molecule has 4 aromatic heterocycles. The minimum absolute atomic E-state index is 0. The van der Waals surface area contributed by atoms with E-state index in [0.717, 1.165) is 117 Å². The number of allylic oxidation sites excluding steroid dienone is 5. The van der Waals surface area contributed by atoms with E-state index in [1.54, 1.807) is 110 Å². The van der Waals surface area contributed by atoms with Crippen LogP contribution in [-0.2, 0) is 38.3 Å². The number of ether oxygens (including phenoxy) is 3. The van der Waals surface area contributed by atoms with Crippen molar-refractivity contribution in [1.82, 2.24) is 39.9 Å². The molecule has 12 aromatic rings. The third-order valence-electron chi connectivity index (χ3n) is 18.6. The second-order valence-corrected chi connectivity index (χ2v) is 29.3. The predicted molar refractivity (Wildman–Crippen MR) is 526 cm³/mol. The van der Waals surface area contributed by atoms with Crippen molar-refractivity contribution in [3.8, 4) is 48.6 Å². The van der Waals surface area contributed by atoms with E-state index >= 15 is 0 Å². The van der Waals surface area contributed by atoms with Crippen LogP contribution in [0.3, 0.4) is 0 Å². The second-order valence-electron chi connectivity index (χ2n) is 28.3. The lowest BCUT2D eigenvalue weighted by molar-refractivity contribution is -0.139. The summed E-state index contributed by atoms with van der Waals surface area (Å²) in [5, 5.41) is 73.1. The fourth-order valence-electron chi connectivity index (χ4n) is 12.7. The first-order chi connectivity index (χ1) is 62.9. The molecule has 0 radical (unpaired) electrons. The number of amides is 2. The largest absolute Gasteiger partial charge is 0.469 e. The van der Waals surface area contributed by atoms with E-state index in [2.05, 4.69) is 62.1 Å². The molecule has 0 aliphatic carbocycles. The highest BCUT2D eigenvalue weighted by atomic mass is 35.5. The van der Waals surface area contributed by atoms with E-state index in [4.69, 9.17) is 97.8 Å². The molecule has 0 fully saturated rings. The van der Waals surface area contributed by atoms with Crippen molar-refractivity contribution >= 4 is 154 Å². The number of esters is 1. The molecular weight excluding hydrogens is 1780 g/mol. The van der Waals surface area contributed by atoms with Crippen molar-refractivity contribution in [3.63, 3.8) is 0 Å². The van der Waals surface area contributed by atoms with E-state index in [9.17, 15) is 14.4 Å². The molecule has 32 heteroatoms. The molecular formula is C101H92Cl5N21O6. The molecule has 0 aliphatic rings. The van der Waals surface area contributed by atoms with Crippen molar-refractivity contribution in [2.24, 2.45) is 0 Å². The summed E-state index contributed by atoms with van der Waals surface area (Å²) in [6, 6.07) is 63.6. The molecule has 0 unspecified atom stereocenters. The molecule has 12 rings (SSSR count). The van der Waals surface area contributed by atoms with Crippen molar-refractivity contribution in [2.75, 3.05) is 47.9 Å². The highest BCUT2D eigenvalue weighted by Gasteiger charge is 2.27. The Morgan fingerprint density at radius 3 is 1.05 bits per heavy atom. The quantitative estimate of drug-likeness (QED) is 0.0190. The molecule has 0 aliphatic heterocycles. The Morgan fingerprint density at radius 2 is 0.714 bits per heavy atom. The van der Waals surface area contributed by atoms with Gasteiger partial charge in [-0.3, -0.25) is 4.79 Å². The van der Waals surface area contributed by atoms with Gasteiger partial charge in [0, 0.05) is 91.1 Å². The van der Waals surface area contributed by atoms with Crippen LogP contribution in [-0.4, -0.2) is 79.4 Å². The average molecular weight is 1870 g/mol. The number of hydrogen-bond acceptors (Lipinski definition) is 25. The molecule has 672 valence electrons. The number of nitrogens with zero attached hydrogens (tertiary/aromatic N) is 18. The van der Waals surface area contributed by atoms with E-state index in [0.29, 0.717) is 75.0 Å². The first kappa shape index (κ1) is 109. The zero-order valence-corrected chi connectivity index (χ0v) is 78.7. The van der Waals surface area contributed by atoms with E-state index in [1.165, 1.54) is 73.9 Å². The van der Waals surface area contributed by atoms with Crippen molar-refractivity contribution in [3.05, 3.63) is 357 Å². The number of nitrogen functional groups attached to an aromatic ring is 2. The van der Waals surface area contributed by atoms with Gasteiger partial charge in [-0.25, -0.2) is 54.3 Å². The summed E-state index contributed by atoms with van der Waals surface area (Å²) in [5.74, 6) is 2.43.